The van der Waals surface area contributed by atoms with E-state index < -0.39 is 32.6 Å². The van der Waals surface area contributed by atoms with Crippen molar-refractivity contribution in [2.24, 2.45) is 0 Å². The minimum absolute atomic E-state index is 0.166. The molecule has 0 aliphatic rings. The number of nitrogens with zero attached hydrogens (tertiary/aromatic N) is 6. The van der Waals surface area contributed by atoms with Gasteiger partial charge in [0.05, 0.1) is 31.9 Å². The Kier molecular flexibility index (Phi) is 7.31. The maximum absolute atomic E-state index is 13.5. The number of halogens is 1. The zero-order valence-corrected chi connectivity index (χ0v) is 22.0. The van der Waals surface area contributed by atoms with Crippen molar-refractivity contribution in [3.05, 3.63) is 59.1 Å². The highest BCUT2D eigenvalue weighted by molar-refractivity contribution is 7.91. The third-order valence-corrected chi connectivity index (χ3v) is 8.97. The van der Waals surface area contributed by atoms with Gasteiger partial charge < -0.3 is 9.47 Å². The summed E-state index contributed by atoms with van der Waals surface area (Å²) in [6.45, 7) is 5.12. The van der Waals surface area contributed by atoms with Gasteiger partial charge in [0, 0.05) is 17.0 Å². The fourth-order valence-electron chi connectivity index (χ4n) is 3.68. The summed E-state index contributed by atoms with van der Waals surface area (Å²) in [5, 5.41) is 10.1. The molecule has 2 atom stereocenters. The first-order valence-electron chi connectivity index (χ1n) is 10.9. The largest absolute Gasteiger partial charge is 0.494 e. The molecule has 0 fully saturated rings. The molecule has 1 aromatic carbocycles. The van der Waals surface area contributed by atoms with Gasteiger partial charge in [-0.15, -0.1) is 21.5 Å². The fourth-order valence-corrected chi connectivity index (χ4v) is 6.00. The highest BCUT2D eigenvalue weighted by Crippen LogP contribution is 2.37. The molecule has 0 bridgehead atoms. The SMILES string of the molecule is COc1cccc(OC)c1-n1c(CS(=O)(=O)[C@@H](C)[C@@H](C)c2ncc(F)cn2)nnc1-c1nc(C)cs1. The van der Waals surface area contributed by atoms with Crippen LogP contribution in [0.25, 0.3) is 16.5 Å². The third kappa shape index (κ3) is 4.93. The van der Waals surface area contributed by atoms with Crippen LogP contribution in [-0.4, -0.2) is 57.6 Å². The number of aromatic nitrogens is 6. The van der Waals surface area contributed by atoms with E-state index >= 15 is 0 Å². The van der Waals surface area contributed by atoms with Crippen LogP contribution in [0.3, 0.4) is 0 Å². The number of benzene rings is 1. The van der Waals surface area contributed by atoms with Gasteiger partial charge in [-0.2, -0.15) is 0 Å². The maximum Gasteiger partial charge on any atom is 0.197 e. The number of sulfone groups is 1. The molecule has 190 valence electrons. The van der Waals surface area contributed by atoms with Crippen molar-refractivity contribution in [2.75, 3.05) is 14.2 Å². The molecule has 0 amide bonds. The van der Waals surface area contributed by atoms with Crippen molar-refractivity contribution in [2.45, 2.75) is 37.7 Å². The van der Waals surface area contributed by atoms with Crippen LogP contribution in [0.1, 0.15) is 37.1 Å². The molecule has 0 unspecified atom stereocenters. The number of ether oxygens (including phenoxy) is 2. The van der Waals surface area contributed by atoms with Crippen LogP contribution in [0.2, 0.25) is 0 Å². The molecule has 13 heteroatoms. The molecule has 0 aliphatic heterocycles. The monoisotopic (exact) mass is 532 g/mol. The molecular weight excluding hydrogens is 507 g/mol. The van der Waals surface area contributed by atoms with Gasteiger partial charge in [-0.05, 0) is 26.0 Å². The molecule has 36 heavy (non-hydrogen) atoms. The Morgan fingerprint density at radius 2 is 1.72 bits per heavy atom. The van der Waals surface area contributed by atoms with Crippen LogP contribution in [0, 0.1) is 12.7 Å². The van der Waals surface area contributed by atoms with Crippen LogP contribution >= 0.6 is 11.3 Å². The van der Waals surface area contributed by atoms with Gasteiger partial charge in [0.2, 0.25) is 0 Å². The standard InChI is InChI=1S/C23H25FN6O4S2/c1-13-11-35-23(27-13)22-29-28-19(30(22)20-17(33-4)7-6-8-18(20)34-5)12-36(31,32)15(3)14(2)21-25-9-16(24)10-26-21/h6-11,14-15H,12H2,1-5H3/t14-,15+/m1/s1. The lowest BCUT2D eigenvalue weighted by Gasteiger charge is -2.20. The topological polar surface area (TPSA) is 122 Å². The first-order valence-corrected chi connectivity index (χ1v) is 13.5. The maximum atomic E-state index is 13.5. The Balaban J connectivity index is 1.81. The second-order valence-corrected chi connectivity index (χ2v) is 11.4. The Labute approximate surface area is 212 Å². The molecule has 4 rings (SSSR count). The number of methoxy groups -OCH3 is 2. The van der Waals surface area contributed by atoms with Gasteiger partial charge in [-0.3, -0.25) is 4.57 Å². The van der Waals surface area contributed by atoms with Gasteiger partial charge in [-0.25, -0.2) is 27.8 Å². The number of aryl methyl sites for hydroxylation is 1. The average Bonchev–Trinajstić information content (AvgIpc) is 3.48. The van der Waals surface area contributed by atoms with Crippen LogP contribution < -0.4 is 9.47 Å². The lowest BCUT2D eigenvalue weighted by atomic mass is 10.1. The Morgan fingerprint density at radius 1 is 1.08 bits per heavy atom. The van der Waals surface area contributed by atoms with E-state index in [1.807, 2.05) is 12.3 Å². The summed E-state index contributed by atoms with van der Waals surface area (Å²) in [6, 6.07) is 5.24. The summed E-state index contributed by atoms with van der Waals surface area (Å²) in [4.78, 5) is 12.4. The van der Waals surface area contributed by atoms with Gasteiger partial charge in [0.15, 0.2) is 32.3 Å². The molecule has 3 aromatic heterocycles. The Bertz CT molecular complexity index is 1450. The Hall–Kier alpha value is -3.45. The highest BCUT2D eigenvalue weighted by atomic mass is 32.2. The van der Waals surface area contributed by atoms with Crippen molar-refractivity contribution in [1.82, 2.24) is 29.7 Å². The molecular formula is C23H25FN6O4S2. The van der Waals surface area contributed by atoms with E-state index in [-0.39, 0.29) is 11.6 Å². The predicted octanol–water partition coefficient (Wildman–Crippen LogP) is 3.75. The minimum atomic E-state index is -3.80. The molecule has 10 nitrogen and oxygen atoms in total. The van der Waals surface area contributed by atoms with Gasteiger partial charge in [0.1, 0.15) is 28.8 Å². The lowest BCUT2D eigenvalue weighted by Crippen LogP contribution is -2.27. The van der Waals surface area contributed by atoms with Gasteiger partial charge in [-0.1, -0.05) is 13.0 Å². The average molecular weight is 533 g/mol. The molecule has 0 saturated carbocycles. The summed E-state index contributed by atoms with van der Waals surface area (Å²) < 4.78 is 53.1. The van der Waals surface area contributed by atoms with E-state index in [1.54, 1.807) is 36.6 Å². The van der Waals surface area contributed by atoms with E-state index in [0.717, 1.165) is 18.1 Å². The number of rotatable bonds is 9. The van der Waals surface area contributed by atoms with Crippen molar-refractivity contribution in [1.29, 1.82) is 0 Å². The predicted molar refractivity (Wildman–Crippen MR) is 133 cm³/mol. The first-order chi connectivity index (χ1) is 17.2. The van der Waals surface area contributed by atoms with Crippen molar-refractivity contribution in [3.8, 4) is 28.0 Å². The number of thiazole rings is 1. The number of para-hydroxylation sites is 1. The minimum Gasteiger partial charge on any atom is -0.494 e. The smallest absolute Gasteiger partial charge is 0.197 e. The highest BCUT2D eigenvalue weighted by Gasteiger charge is 2.33. The molecule has 0 aliphatic carbocycles. The third-order valence-electron chi connectivity index (χ3n) is 5.81. The van der Waals surface area contributed by atoms with E-state index in [2.05, 4.69) is 25.1 Å². The van der Waals surface area contributed by atoms with Crippen molar-refractivity contribution < 1.29 is 22.3 Å². The fraction of sp³-hybridized carbons (Fsp3) is 0.348. The van der Waals surface area contributed by atoms with E-state index in [4.69, 9.17) is 9.47 Å². The summed E-state index contributed by atoms with van der Waals surface area (Å²) in [5.41, 5.74) is 1.26. The van der Waals surface area contributed by atoms with Crippen molar-refractivity contribution in [3.63, 3.8) is 0 Å². The molecule has 0 spiro atoms. The van der Waals surface area contributed by atoms with Crippen molar-refractivity contribution >= 4 is 21.2 Å². The van der Waals surface area contributed by atoms with Crippen LogP contribution in [0.5, 0.6) is 11.5 Å². The zero-order chi connectivity index (χ0) is 26.0. The summed E-state index contributed by atoms with van der Waals surface area (Å²) >= 11 is 1.37. The van der Waals surface area contributed by atoms with Gasteiger partial charge >= 0.3 is 0 Å². The molecule has 3 heterocycles. The Morgan fingerprint density at radius 3 is 2.28 bits per heavy atom. The quantitative estimate of drug-likeness (QED) is 0.317. The summed E-state index contributed by atoms with van der Waals surface area (Å²) in [7, 11) is -0.775. The molecule has 0 N–H and O–H groups in total. The first kappa shape index (κ1) is 25.6. The number of hydrogen-bond acceptors (Lipinski definition) is 10. The second-order valence-electron chi connectivity index (χ2n) is 8.14. The molecule has 4 aromatic rings. The van der Waals surface area contributed by atoms with Gasteiger partial charge in [0.25, 0.3) is 0 Å². The summed E-state index contributed by atoms with van der Waals surface area (Å²) in [5.74, 6) is 0.0480. The lowest BCUT2D eigenvalue weighted by molar-refractivity contribution is 0.390. The van der Waals surface area contributed by atoms with Crippen LogP contribution in [-0.2, 0) is 15.6 Å². The molecule has 0 radical (unpaired) electrons. The summed E-state index contributed by atoms with van der Waals surface area (Å²) in [6.07, 6.45) is 2.04. The molecule has 0 saturated heterocycles. The van der Waals surface area contributed by atoms with E-state index in [1.165, 1.54) is 25.6 Å². The number of hydrogen-bond donors (Lipinski definition) is 0. The van der Waals surface area contributed by atoms with Crippen LogP contribution in [0.4, 0.5) is 4.39 Å². The second kappa shape index (κ2) is 10.3. The normalized spacial score (nSPS) is 13.4. The zero-order valence-electron chi connectivity index (χ0n) is 20.3. The van der Waals surface area contributed by atoms with Crippen LogP contribution in [0.15, 0.2) is 36.0 Å². The van der Waals surface area contributed by atoms with E-state index in [9.17, 15) is 12.8 Å². The van der Waals surface area contributed by atoms with E-state index in [0.29, 0.717) is 28.0 Å².